The van der Waals surface area contributed by atoms with Gasteiger partial charge in [-0.15, -0.1) is 11.3 Å². The van der Waals surface area contributed by atoms with Crippen LogP contribution < -0.4 is 0 Å². The maximum atomic E-state index is 12.8. The maximum absolute atomic E-state index is 12.8. The summed E-state index contributed by atoms with van der Waals surface area (Å²) in [4.78, 5) is 16.1. The molecule has 1 aliphatic heterocycles. The molecule has 0 saturated carbocycles. The second-order valence-electron chi connectivity index (χ2n) is 4.85. The molecule has 20 heavy (non-hydrogen) atoms. The Hall–Kier alpha value is -0.650. The van der Waals surface area contributed by atoms with Gasteiger partial charge in [-0.05, 0) is 64.5 Å². The van der Waals surface area contributed by atoms with E-state index in [1.165, 1.54) is 10.4 Å². The second-order valence-corrected chi connectivity index (χ2v) is 7.62. The lowest BCUT2D eigenvalue weighted by molar-refractivity contribution is 0.0678. The molecule has 1 aromatic heterocycles. The van der Waals surface area contributed by atoms with Crippen molar-refractivity contribution in [2.45, 2.75) is 19.4 Å². The summed E-state index contributed by atoms with van der Waals surface area (Å²) in [6.07, 6.45) is 0.956. The van der Waals surface area contributed by atoms with Crippen molar-refractivity contribution in [2.24, 2.45) is 0 Å². The highest BCUT2D eigenvalue weighted by Crippen LogP contribution is 2.34. The molecule has 0 saturated heterocycles. The fourth-order valence-corrected chi connectivity index (χ4v) is 4.78. The summed E-state index contributed by atoms with van der Waals surface area (Å²) >= 11 is 8.69. The smallest absolute Gasteiger partial charge is 0.255 e. The molecule has 0 radical (unpaired) electrons. The van der Waals surface area contributed by atoms with Crippen LogP contribution in [-0.4, -0.2) is 17.4 Å². The first-order chi connectivity index (χ1) is 9.58. The van der Waals surface area contributed by atoms with Crippen molar-refractivity contribution >= 4 is 49.1 Å². The van der Waals surface area contributed by atoms with E-state index in [1.54, 1.807) is 11.3 Å². The first kappa shape index (κ1) is 14.3. The number of halogens is 2. The van der Waals surface area contributed by atoms with Crippen LogP contribution in [0.4, 0.5) is 0 Å². The van der Waals surface area contributed by atoms with Crippen LogP contribution in [0.1, 0.15) is 33.8 Å². The summed E-state index contributed by atoms with van der Waals surface area (Å²) < 4.78 is 1.80. The molecular formula is C15H13Br2NOS. The van der Waals surface area contributed by atoms with E-state index < -0.39 is 0 Å². The highest BCUT2D eigenvalue weighted by atomic mass is 79.9. The SMILES string of the molecule is CC1c2ccsc2CCN1C(=O)c1ccc(Br)cc1Br. The van der Waals surface area contributed by atoms with Gasteiger partial charge in [0.25, 0.3) is 5.91 Å². The van der Waals surface area contributed by atoms with E-state index in [4.69, 9.17) is 0 Å². The van der Waals surface area contributed by atoms with Crippen molar-refractivity contribution in [3.05, 3.63) is 54.6 Å². The van der Waals surface area contributed by atoms with E-state index in [1.807, 2.05) is 23.1 Å². The van der Waals surface area contributed by atoms with Crippen LogP contribution in [0.25, 0.3) is 0 Å². The lowest BCUT2D eigenvalue weighted by atomic mass is 10.0. The highest BCUT2D eigenvalue weighted by molar-refractivity contribution is 9.11. The number of carbonyl (C=O) groups excluding carboxylic acids is 1. The zero-order chi connectivity index (χ0) is 14.3. The van der Waals surface area contributed by atoms with Crippen molar-refractivity contribution in [3.63, 3.8) is 0 Å². The number of thiophene rings is 1. The molecule has 3 rings (SSSR count). The van der Waals surface area contributed by atoms with Crippen molar-refractivity contribution in [2.75, 3.05) is 6.54 Å². The number of carbonyl (C=O) groups is 1. The molecule has 0 fully saturated rings. The zero-order valence-corrected chi connectivity index (χ0v) is 14.9. The van der Waals surface area contributed by atoms with Gasteiger partial charge in [0, 0.05) is 20.4 Å². The van der Waals surface area contributed by atoms with Crippen molar-refractivity contribution < 1.29 is 4.79 Å². The summed E-state index contributed by atoms with van der Waals surface area (Å²) in [5.41, 5.74) is 2.02. The van der Waals surface area contributed by atoms with Gasteiger partial charge < -0.3 is 4.90 Å². The number of rotatable bonds is 1. The lowest BCUT2D eigenvalue weighted by Gasteiger charge is -2.34. The van der Waals surface area contributed by atoms with Crippen LogP contribution in [0.2, 0.25) is 0 Å². The highest BCUT2D eigenvalue weighted by Gasteiger charge is 2.29. The number of fused-ring (bicyclic) bond motifs is 1. The maximum Gasteiger partial charge on any atom is 0.255 e. The Morgan fingerprint density at radius 1 is 1.35 bits per heavy atom. The molecule has 1 aromatic carbocycles. The molecular weight excluding hydrogens is 402 g/mol. The molecule has 2 heterocycles. The van der Waals surface area contributed by atoms with Crippen molar-refractivity contribution in [3.8, 4) is 0 Å². The first-order valence-corrected chi connectivity index (χ1v) is 8.87. The van der Waals surface area contributed by atoms with Crippen molar-refractivity contribution in [1.29, 1.82) is 0 Å². The fourth-order valence-electron chi connectivity index (χ4n) is 2.60. The third kappa shape index (κ3) is 2.47. The second kappa shape index (κ2) is 5.62. The standard InChI is InChI=1S/C15H13Br2NOS/c1-9-11-5-7-20-14(11)4-6-18(9)15(19)12-3-2-10(16)8-13(12)17/h2-3,5,7-9H,4,6H2,1H3. The quantitative estimate of drug-likeness (QED) is 0.640. The van der Waals surface area contributed by atoms with E-state index >= 15 is 0 Å². The minimum atomic E-state index is 0.0914. The largest absolute Gasteiger partial charge is 0.331 e. The molecule has 0 aliphatic carbocycles. The van der Waals surface area contributed by atoms with E-state index in [9.17, 15) is 4.79 Å². The van der Waals surface area contributed by atoms with Crippen LogP contribution in [0.3, 0.4) is 0 Å². The van der Waals surface area contributed by atoms with Gasteiger partial charge in [-0.3, -0.25) is 4.79 Å². The van der Waals surface area contributed by atoms with Gasteiger partial charge in [-0.2, -0.15) is 0 Å². The Morgan fingerprint density at radius 3 is 2.90 bits per heavy atom. The topological polar surface area (TPSA) is 20.3 Å². The summed E-state index contributed by atoms with van der Waals surface area (Å²) in [5, 5.41) is 2.12. The Balaban J connectivity index is 1.92. The minimum absolute atomic E-state index is 0.0914. The molecule has 104 valence electrons. The molecule has 1 unspecified atom stereocenters. The molecule has 1 aliphatic rings. The Kier molecular flexibility index (Phi) is 4.02. The predicted octanol–water partition coefficient (Wildman–Crippen LogP) is 5.03. The average Bonchev–Trinajstić information content (AvgIpc) is 2.87. The third-order valence-corrected chi connectivity index (χ3v) is 5.85. The molecule has 0 bridgehead atoms. The Bertz CT molecular complexity index is 668. The average molecular weight is 415 g/mol. The van der Waals surface area contributed by atoms with Gasteiger partial charge in [-0.1, -0.05) is 15.9 Å². The zero-order valence-electron chi connectivity index (χ0n) is 10.9. The Morgan fingerprint density at radius 2 is 2.15 bits per heavy atom. The van der Waals surface area contributed by atoms with Gasteiger partial charge in [0.15, 0.2) is 0 Å². The molecule has 1 atom stereocenters. The molecule has 0 N–H and O–H groups in total. The lowest BCUT2D eigenvalue weighted by Crippen LogP contribution is -2.38. The molecule has 5 heteroatoms. The van der Waals surface area contributed by atoms with E-state index in [0.717, 1.165) is 27.5 Å². The Labute approximate surface area is 139 Å². The van der Waals surface area contributed by atoms with Gasteiger partial charge in [-0.25, -0.2) is 0 Å². The number of hydrogen-bond acceptors (Lipinski definition) is 2. The van der Waals surface area contributed by atoms with Crippen LogP contribution in [-0.2, 0) is 6.42 Å². The van der Waals surface area contributed by atoms with Gasteiger partial charge in [0.2, 0.25) is 0 Å². The molecule has 2 aromatic rings. The van der Waals surface area contributed by atoms with Gasteiger partial charge in [0.1, 0.15) is 0 Å². The summed E-state index contributed by atoms with van der Waals surface area (Å²) in [6.45, 7) is 2.89. The normalized spacial score (nSPS) is 17.9. The number of benzene rings is 1. The number of hydrogen-bond donors (Lipinski definition) is 0. The van der Waals surface area contributed by atoms with Crippen LogP contribution in [0.15, 0.2) is 38.6 Å². The van der Waals surface area contributed by atoms with Gasteiger partial charge in [0.05, 0.1) is 11.6 Å². The van der Waals surface area contributed by atoms with Gasteiger partial charge >= 0.3 is 0 Å². The minimum Gasteiger partial charge on any atom is -0.331 e. The summed E-state index contributed by atoms with van der Waals surface area (Å²) in [7, 11) is 0. The number of amides is 1. The molecule has 2 nitrogen and oxygen atoms in total. The van der Waals surface area contributed by atoms with Crippen LogP contribution in [0, 0.1) is 0 Å². The van der Waals surface area contributed by atoms with E-state index in [2.05, 4.69) is 50.2 Å². The monoisotopic (exact) mass is 413 g/mol. The fraction of sp³-hybridized carbons (Fsp3) is 0.267. The number of nitrogens with zero attached hydrogens (tertiary/aromatic N) is 1. The van der Waals surface area contributed by atoms with Crippen molar-refractivity contribution in [1.82, 2.24) is 4.90 Å². The first-order valence-electron chi connectivity index (χ1n) is 6.40. The molecule has 1 amide bonds. The van der Waals surface area contributed by atoms with Crippen LogP contribution >= 0.6 is 43.2 Å². The molecule has 0 spiro atoms. The summed E-state index contributed by atoms with van der Waals surface area (Å²) in [6, 6.07) is 7.97. The third-order valence-electron chi connectivity index (χ3n) is 3.70. The summed E-state index contributed by atoms with van der Waals surface area (Å²) in [5.74, 6) is 0.0914. The predicted molar refractivity (Wildman–Crippen MR) is 89.3 cm³/mol. The van der Waals surface area contributed by atoms with E-state index in [0.29, 0.717) is 0 Å². The van der Waals surface area contributed by atoms with E-state index in [-0.39, 0.29) is 11.9 Å². The van der Waals surface area contributed by atoms with Crippen LogP contribution in [0.5, 0.6) is 0 Å².